The van der Waals surface area contributed by atoms with Gasteiger partial charge in [0.2, 0.25) is 0 Å². The molecule has 1 aromatic heterocycles. The summed E-state index contributed by atoms with van der Waals surface area (Å²) in [6.45, 7) is 4.49. The number of amides is 1. The number of hydrazone groups is 1. The van der Waals surface area contributed by atoms with Crippen molar-refractivity contribution >= 4 is 17.3 Å². The van der Waals surface area contributed by atoms with Crippen LogP contribution >= 0.6 is 0 Å². The number of hydrogen-bond acceptors (Lipinski definition) is 4. The second-order valence-electron chi connectivity index (χ2n) is 6.79. The summed E-state index contributed by atoms with van der Waals surface area (Å²) in [6.07, 6.45) is 6.85. The third-order valence-electron chi connectivity index (χ3n) is 4.97. The van der Waals surface area contributed by atoms with E-state index in [0.29, 0.717) is 0 Å². The van der Waals surface area contributed by atoms with Crippen molar-refractivity contribution in [2.24, 2.45) is 5.10 Å². The van der Waals surface area contributed by atoms with E-state index in [9.17, 15) is 4.79 Å². The van der Waals surface area contributed by atoms with Crippen molar-refractivity contribution in [3.63, 3.8) is 0 Å². The van der Waals surface area contributed by atoms with Gasteiger partial charge in [-0.3, -0.25) is 14.5 Å². The highest BCUT2D eigenvalue weighted by atomic mass is 16.2. The molecule has 1 fully saturated rings. The molecule has 2 aliphatic heterocycles. The zero-order valence-corrected chi connectivity index (χ0v) is 14.5. The molecule has 6 nitrogen and oxygen atoms in total. The summed E-state index contributed by atoms with van der Waals surface area (Å²) in [5.74, 6) is 0.101. The molecule has 1 atom stereocenters. The minimum Gasteiger partial charge on any atom is -0.337 e. The first kappa shape index (κ1) is 15.9. The number of rotatable bonds is 3. The van der Waals surface area contributed by atoms with Gasteiger partial charge in [0.15, 0.2) is 0 Å². The number of nitrogens with zero attached hydrogens (tertiary/aromatic N) is 5. The molecule has 0 radical (unpaired) electrons. The molecule has 6 heteroatoms. The lowest BCUT2D eigenvalue weighted by atomic mass is 10.0. The predicted octanol–water partition coefficient (Wildman–Crippen LogP) is 2.95. The molecule has 0 spiro atoms. The van der Waals surface area contributed by atoms with Crippen molar-refractivity contribution in [3.05, 3.63) is 48.3 Å². The molecule has 130 valence electrons. The Kier molecular flexibility index (Phi) is 4.26. The van der Waals surface area contributed by atoms with Gasteiger partial charge in [-0.1, -0.05) is 0 Å². The number of piperidine rings is 1. The summed E-state index contributed by atoms with van der Waals surface area (Å²) in [5.41, 5.74) is 2.93. The predicted molar refractivity (Wildman–Crippen MR) is 97.9 cm³/mol. The minimum atomic E-state index is 0.101. The number of carbonyl (C=O) groups is 1. The number of carbonyl (C=O) groups excluding carboxylic acids is 1. The van der Waals surface area contributed by atoms with Crippen molar-refractivity contribution in [3.8, 4) is 0 Å². The molecule has 1 saturated heterocycles. The topological polar surface area (TPSA) is 53.7 Å². The lowest BCUT2D eigenvalue weighted by Crippen LogP contribution is -2.40. The maximum Gasteiger partial charge on any atom is 0.253 e. The van der Waals surface area contributed by atoms with E-state index in [1.807, 2.05) is 58.0 Å². The van der Waals surface area contributed by atoms with Gasteiger partial charge in [-0.05, 0) is 50.1 Å². The Hall–Kier alpha value is -2.63. The van der Waals surface area contributed by atoms with Crippen LogP contribution in [-0.4, -0.2) is 45.9 Å². The van der Waals surface area contributed by atoms with Gasteiger partial charge >= 0.3 is 0 Å². The maximum atomic E-state index is 12.9. The van der Waals surface area contributed by atoms with Crippen LogP contribution in [0.2, 0.25) is 0 Å². The first-order chi connectivity index (χ1) is 12.2. The lowest BCUT2D eigenvalue weighted by molar-refractivity contribution is 0.0673. The van der Waals surface area contributed by atoms with Crippen LogP contribution < -0.4 is 5.01 Å². The Morgan fingerprint density at radius 3 is 2.72 bits per heavy atom. The molecule has 0 bridgehead atoms. The highest BCUT2D eigenvalue weighted by Gasteiger charge is 2.25. The molecule has 0 unspecified atom stereocenters. The van der Waals surface area contributed by atoms with Crippen LogP contribution in [0.25, 0.3) is 0 Å². The standard InChI is InChI=1S/C19H23N5O/c1-15-9-13-24(21-15)17-7-5-16(6-8-17)19(25)22-11-2-4-18(14-22)23-12-3-10-20-23/h3,5-8,10,12,18H,2,4,9,11,13-14H2,1H3/t18-/m1/s1. The van der Waals surface area contributed by atoms with Gasteiger partial charge in [-0.2, -0.15) is 10.2 Å². The molecule has 0 saturated carbocycles. The Morgan fingerprint density at radius 2 is 2.04 bits per heavy atom. The normalized spacial score (nSPS) is 20.7. The van der Waals surface area contributed by atoms with E-state index in [0.717, 1.165) is 55.9 Å². The first-order valence-corrected chi connectivity index (χ1v) is 8.91. The van der Waals surface area contributed by atoms with E-state index >= 15 is 0 Å². The Bertz CT molecular complexity index is 766. The van der Waals surface area contributed by atoms with Gasteiger partial charge in [0.25, 0.3) is 5.91 Å². The summed E-state index contributed by atoms with van der Waals surface area (Å²) in [5, 5.41) is 10.8. The zero-order chi connectivity index (χ0) is 17.2. The van der Waals surface area contributed by atoms with E-state index in [1.165, 1.54) is 0 Å². The number of likely N-dealkylation sites (tertiary alicyclic amines) is 1. The monoisotopic (exact) mass is 337 g/mol. The highest BCUT2D eigenvalue weighted by Crippen LogP contribution is 2.24. The molecule has 1 aromatic carbocycles. The van der Waals surface area contributed by atoms with Gasteiger partial charge in [-0.15, -0.1) is 0 Å². The van der Waals surface area contributed by atoms with E-state index in [1.54, 1.807) is 6.20 Å². The summed E-state index contributed by atoms with van der Waals surface area (Å²) >= 11 is 0. The molecule has 3 heterocycles. The van der Waals surface area contributed by atoms with Crippen molar-refractivity contribution in [2.45, 2.75) is 32.2 Å². The average Bonchev–Trinajstić information content (AvgIpc) is 3.33. The van der Waals surface area contributed by atoms with Crippen LogP contribution in [0.15, 0.2) is 47.8 Å². The fourth-order valence-corrected chi connectivity index (χ4v) is 3.57. The van der Waals surface area contributed by atoms with E-state index in [2.05, 4.69) is 10.2 Å². The van der Waals surface area contributed by atoms with Gasteiger partial charge in [0, 0.05) is 49.7 Å². The Labute approximate surface area is 147 Å². The molecular weight excluding hydrogens is 314 g/mol. The summed E-state index contributed by atoms with van der Waals surface area (Å²) in [4.78, 5) is 14.8. The number of benzene rings is 1. The van der Waals surface area contributed by atoms with Crippen LogP contribution in [0.4, 0.5) is 5.69 Å². The second-order valence-corrected chi connectivity index (χ2v) is 6.79. The molecular formula is C19H23N5O. The number of hydrogen-bond donors (Lipinski definition) is 0. The molecule has 25 heavy (non-hydrogen) atoms. The van der Waals surface area contributed by atoms with Gasteiger partial charge in [-0.25, -0.2) is 0 Å². The van der Waals surface area contributed by atoms with Crippen LogP contribution in [-0.2, 0) is 0 Å². The van der Waals surface area contributed by atoms with Gasteiger partial charge in [0.1, 0.15) is 0 Å². The Balaban J connectivity index is 1.45. The molecule has 1 amide bonds. The molecule has 2 aliphatic rings. The quantitative estimate of drug-likeness (QED) is 0.865. The van der Waals surface area contributed by atoms with Crippen LogP contribution in [0.5, 0.6) is 0 Å². The summed E-state index contributed by atoms with van der Waals surface area (Å²) in [6, 6.07) is 10.0. The lowest BCUT2D eigenvalue weighted by Gasteiger charge is -2.33. The maximum absolute atomic E-state index is 12.9. The highest BCUT2D eigenvalue weighted by molar-refractivity contribution is 5.94. The second kappa shape index (κ2) is 6.70. The third kappa shape index (κ3) is 3.29. The first-order valence-electron chi connectivity index (χ1n) is 8.91. The van der Waals surface area contributed by atoms with E-state index in [4.69, 9.17) is 0 Å². The molecule has 0 aliphatic carbocycles. The van der Waals surface area contributed by atoms with Crippen LogP contribution in [0.3, 0.4) is 0 Å². The van der Waals surface area contributed by atoms with Crippen molar-refractivity contribution in [1.82, 2.24) is 14.7 Å². The SMILES string of the molecule is CC1=NN(c2ccc(C(=O)N3CCC[C@@H](n4cccn4)C3)cc2)CC1. The fourth-order valence-electron chi connectivity index (χ4n) is 3.57. The minimum absolute atomic E-state index is 0.101. The molecule has 4 rings (SSSR count). The van der Waals surface area contributed by atoms with Crippen LogP contribution in [0, 0.1) is 0 Å². The van der Waals surface area contributed by atoms with Crippen molar-refractivity contribution in [1.29, 1.82) is 0 Å². The third-order valence-corrected chi connectivity index (χ3v) is 4.97. The number of anilines is 1. The molecule has 0 N–H and O–H groups in total. The Morgan fingerprint density at radius 1 is 1.20 bits per heavy atom. The average molecular weight is 337 g/mol. The van der Waals surface area contributed by atoms with Crippen LogP contribution in [0.1, 0.15) is 42.6 Å². The van der Waals surface area contributed by atoms with Gasteiger partial charge in [0.05, 0.1) is 11.7 Å². The smallest absolute Gasteiger partial charge is 0.253 e. The molecule has 2 aromatic rings. The van der Waals surface area contributed by atoms with E-state index < -0.39 is 0 Å². The van der Waals surface area contributed by atoms with Crippen molar-refractivity contribution in [2.75, 3.05) is 24.6 Å². The number of aromatic nitrogens is 2. The van der Waals surface area contributed by atoms with Crippen molar-refractivity contribution < 1.29 is 4.79 Å². The summed E-state index contributed by atoms with van der Waals surface area (Å²) in [7, 11) is 0. The zero-order valence-electron chi connectivity index (χ0n) is 14.5. The van der Waals surface area contributed by atoms with E-state index in [-0.39, 0.29) is 11.9 Å². The van der Waals surface area contributed by atoms with Gasteiger partial charge < -0.3 is 4.90 Å². The summed E-state index contributed by atoms with van der Waals surface area (Å²) < 4.78 is 1.97. The largest absolute Gasteiger partial charge is 0.337 e. The fraction of sp³-hybridized carbons (Fsp3) is 0.421.